The van der Waals surface area contributed by atoms with E-state index in [1.165, 1.54) is 77.2 Å². The summed E-state index contributed by atoms with van der Waals surface area (Å²) in [7, 11) is 2.15. The third-order valence-corrected chi connectivity index (χ3v) is 3.40. The summed E-state index contributed by atoms with van der Waals surface area (Å²) in [5.74, 6) is 0. The molecule has 0 amide bonds. The van der Waals surface area contributed by atoms with Crippen molar-refractivity contribution in [1.29, 1.82) is 0 Å². The second kappa shape index (κ2) is 19.5. The van der Waals surface area contributed by atoms with E-state index in [0.29, 0.717) is 6.61 Å². The first kappa shape index (κ1) is 20.5. The quantitative estimate of drug-likeness (QED) is 0.427. The normalized spacial score (nSPS) is 10.3. The molecule has 3 heteroatoms. The molecule has 0 atom stereocenters. The molecule has 3 N–H and O–H groups in total. The topological polar surface area (TPSA) is 36.8 Å². The summed E-state index contributed by atoms with van der Waals surface area (Å²) in [5.41, 5.74) is 0. The summed E-state index contributed by atoms with van der Waals surface area (Å²) in [4.78, 5) is 0. The van der Waals surface area contributed by atoms with Crippen molar-refractivity contribution in [3.63, 3.8) is 0 Å². The number of nitrogens with two attached hydrogens (primary N) is 1. The highest BCUT2D eigenvalue weighted by Gasteiger charge is 1.93. The lowest BCUT2D eigenvalue weighted by Crippen LogP contribution is -3.00. The molecule has 2 nitrogen and oxygen atoms in total. The summed E-state index contributed by atoms with van der Waals surface area (Å²) < 4.78 is 0. The summed E-state index contributed by atoms with van der Waals surface area (Å²) in [6.07, 6.45) is 16.3. The van der Waals surface area contributed by atoms with Crippen LogP contribution in [0.3, 0.4) is 0 Å². The van der Waals surface area contributed by atoms with Gasteiger partial charge in [0, 0.05) is 6.61 Å². The Morgan fingerprint density at radius 2 is 0.944 bits per heavy atom. The van der Waals surface area contributed by atoms with Crippen LogP contribution in [0.4, 0.5) is 0 Å². The maximum Gasteiger partial charge on any atom is 0.0753 e. The van der Waals surface area contributed by atoms with Gasteiger partial charge in [-0.3, -0.25) is 0 Å². The molecule has 0 aliphatic rings. The lowest BCUT2D eigenvalue weighted by molar-refractivity contribution is -0.627. The molecule has 0 heterocycles. The number of unbranched alkanes of at least 4 members (excludes halogenated alkanes) is 11. The van der Waals surface area contributed by atoms with Gasteiger partial charge in [-0.1, -0.05) is 57.8 Å². The first-order chi connectivity index (χ1) is 8.41. The third kappa shape index (κ3) is 18.6. The number of hydrogen-bond acceptors (Lipinski definition) is 1. The molecule has 0 aliphatic carbocycles. The summed E-state index contributed by atoms with van der Waals surface area (Å²) in [6, 6.07) is 0. The highest BCUT2D eigenvalue weighted by atomic mass is 35.5. The van der Waals surface area contributed by atoms with Gasteiger partial charge in [-0.25, -0.2) is 0 Å². The zero-order valence-corrected chi connectivity index (χ0v) is 13.1. The molecule has 0 fully saturated rings. The van der Waals surface area contributed by atoms with Gasteiger partial charge in [0.2, 0.25) is 0 Å². The number of rotatable bonds is 14. The van der Waals surface area contributed by atoms with Crippen LogP contribution in [0.25, 0.3) is 0 Å². The van der Waals surface area contributed by atoms with Crippen LogP contribution in [0.1, 0.15) is 77.0 Å². The third-order valence-electron chi connectivity index (χ3n) is 3.40. The van der Waals surface area contributed by atoms with Crippen molar-refractivity contribution >= 4 is 0 Å². The van der Waals surface area contributed by atoms with Crippen molar-refractivity contribution in [2.75, 3.05) is 20.2 Å². The molecule has 0 aromatic heterocycles. The van der Waals surface area contributed by atoms with E-state index >= 15 is 0 Å². The summed E-state index contributed by atoms with van der Waals surface area (Å²) in [6.45, 7) is 1.67. The molecule has 0 rings (SSSR count). The molecule has 18 heavy (non-hydrogen) atoms. The van der Waals surface area contributed by atoms with E-state index in [0.717, 1.165) is 6.42 Å². The van der Waals surface area contributed by atoms with Crippen LogP contribution in [-0.4, -0.2) is 25.3 Å². The van der Waals surface area contributed by atoms with Crippen LogP contribution in [-0.2, 0) is 0 Å². The van der Waals surface area contributed by atoms with Gasteiger partial charge in [0.25, 0.3) is 0 Å². The fourth-order valence-electron chi connectivity index (χ4n) is 2.23. The van der Waals surface area contributed by atoms with E-state index in [1.54, 1.807) is 0 Å². The van der Waals surface area contributed by atoms with Gasteiger partial charge in [0.1, 0.15) is 0 Å². The fourth-order valence-corrected chi connectivity index (χ4v) is 2.23. The first-order valence-electron chi connectivity index (χ1n) is 7.80. The number of hydrogen-bond donors (Lipinski definition) is 2. The van der Waals surface area contributed by atoms with Crippen molar-refractivity contribution < 1.29 is 22.8 Å². The van der Waals surface area contributed by atoms with Crippen molar-refractivity contribution in [3.8, 4) is 0 Å². The predicted molar refractivity (Wildman–Crippen MR) is 75.2 cm³/mol. The van der Waals surface area contributed by atoms with Gasteiger partial charge in [-0.15, -0.1) is 0 Å². The maximum atomic E-state index is 8.64. The van der Waals surface area contributed by atoms with Crippen LogP contribution in [0.15, 0.2) is 0 Å². The van der Waals surface area contributed by atoms with E-state index in [9.17, 15) is 0 Å². The Bertz CT molecular complexity index is 120. The fraction of sp³-hybridized carbons (Fsp3) is 1.00. The Labute approximate surface area is 120 Å². The highest BCUT2D eigenvalue weighted by molar-refractivity contribution is 4.48. The second-order valence-corrected chi connectivity index (χ2v) is 5.16. The van der Waals surface area contributed by atoms with Gasteiger partial charge in [0.15, 0.2) is 0 Å². The average molecular weight is 280 g/mol. The SMILES string of the molecule is C[NH2+]CCCCCCCCCCCCCCO.[Cl-]. The van der Waals surface area contributed by atoms with E-state index in [1.807, 2.05) is 0 Å². The summed E-state index contributed by atoms with van der Waals surface area (Å²) in [5, 5.41) is 10.9. The van der Waals surface area contributed by atoms with Crippen molar-refractivity contribution in [2.24, 2.45) is 0 Å². The smallest absolute Gasteiger partial charge is 0.0753 e. The lowest BCUT2D eigenvalue weighted by atomic mass is 10.1. The number of halogens is 1. The van der Waals surface area contributed by atoms with Gasteiger partial charge in [-0.05, 0) is 19.3 Å². The minimum atomic E-state index is 0. The Balaban J connectivity index is 0. The van der Waals surface area contributed by atoms with Crippen LogP contribution >= 0.6 is 0 Å². The van der Waals surface area contributed by atoms with Gasteiger partial charge < -0.3 is 22.8 Å². The average Bonchev–Trinajstić information content (AvgIpc) is 2.35. The lowest BCUT2D eigenvalue weighted by Gasteiger charge is -2.02. The van der Waals surface area contributed by atoms with E-state index in [-0.39, 0.29) is 12.4 Å². The van der Waals surface area contributed by atoms with Gasteiger partial charge in [0.05, 0.1) is 13.6 Å². The molecule has 0 aliphatic heterocycles. The van der Waals surface area contributed by atoms with Gasteiger partial charge >= 0.3 is 0 Å². The predicted octanol–water partition coefficient (Wildman–Crippen LogP) is -0.143. The zero-order chi connectivity index (χ0) is 12.6. The molecule has 0 unspecified atom stereocenters. The molecule has 0 spiro atoms. The monoisotopic (exact) mass is 279 g/mol. The largest absolute Gasteiger partial charge is 1.00 e. The molecule has 112 valence electrons. The Kier molecular flexibility index (Phi) is 22.3. The molecule has 0 saturated carbocycles. The molecular weight excluding hydrogens is 246 g/mol. The Morgan fingerprint density at radius 1 is 0.611 bits per heavy atom. The van der Waals surface area contributed by atoms with Crippen LogP contribution in [0.5, 0.6) is 0 Å². The van der Waals surface area contributed by atoms with Crippen molar-refractivity contribution in [3.05, 3.63) is 0 Å². The first-order valence-corrected chi connectivity index (χ1v) is 7.80. The standard InChI is InChI=1S/C15H33NO.ClH/c1-16-14-12-10-8-6-4-2-3-5-7-9-11-13-15-17;/h16-17H,2-15H2,1H3;1H. The Hall–Kier alpha value is 0.210. The molecule has 0 saturated heterocycles. The number of aliphatic hydroxyl groups excluding tert-OH is 1. The van der Waals surface area contributed by atoms with Crippen LogP contribution < -0.4 is 17.7 Å². The number of aliphatic hydroxyl groups is 1. The second-order valence-electron chi connectivity index (χ2n) is 5.16. The highest BCUT2D eigenvalue weighted by Crippen LogP contribution is 2.11. The molecule has 0 aromatic rings. The van der Waals surface area contributed by atoms with Gasteiger partial charge in [-0.2, -0.15) is 0 Å². The molecular formula is C15H34ClNO. The summed E-state index contributed by atoms with van der Waals surface area (Å²) >= 11 is 0. The van der Waals surface area contributed by atoms with Crippen molar-refractivity contribution in [2.45, 2.75) is 77.0 Å². The molecule has 0 bridgehead atoms. The maximum absolute atomic E-state index is 8.64. The minimum Gasteiger partial charge on any atom is -1.00 e. The van der Waals surface area contributed by atoms with Crippen molar-refractivity contribution in [1.82, 2.24) is 0 Å². The van der Waals surface area contributed by atoms with Crippen LogP contribution in [0, 0.1) is 0 Å². The molecule has 0 aromatic carbocycles. The Morgan fingerprint density at radius 3 is 1.28 bits per heavy atom. The molecule has 0 radical (unpaired) electrons. The minimum absolute atomic E-state index is 0. The van der Waals surface area contributed by atoms with Crippen LogP contribution in [0.2, 0.25) is 0 Å². The van der Waals surface area contributed by atoms with E-state index in [4.69, 9.17) is 5.11 Å². The number of quaternary nitrogens is 1. The van der Waals surface area contributed by atoms with E-state index < -0.39 is 0 Å². The van der Waals surface area contributed by atoms with E-state index in [2.05, 4.69) is 12.4 Å². The zero-order valence-electron chi connectivity index (χ0n) is 12.3.